The van der Waals surface area contributed by atoms with Crippen LogP contribution in [0.5, 0.6) is 5.75 Å². The van der Waals surface area contributed by atoms with Gasteiger partial charge in [0, 0.05) is 18.0 Å². The van der Waals surface area contributed by atoms with Crippen LogP contribution >= 0.6 is 11.8 Å². The number of thioether (sulfide) groups is 1. The van der Waals surface area contributed by atoms with Gasteiger partial charge in [0.25, 0.3) is 5.56 Å². The molecule has 1 aromatic carbocycles. The highest BCUT2D eigenvalue weighted by atomic mass is 32.2. The van der Waals surface area contributed by atoms with Crippen LogP contribution in [0.3, 0.4) is 0 Å². The van der Waals surface area contributed by atoms with Gasteiger partial charge in [0.2, 0.25) is 0 Å². The predicted molar refractivity (Wildman–Crippen MR) is 96.4 cm³/mol. The molecule has 4 atom stereocenters. The molecule has 1 aliphatic rings. The summed E-state index contributed by atoms with van der Waals surface area (Å²) in [4.78, 5) is 25.5. The number of methoxy groups -OCH3 is 1. The lowest BCUT2D eigenvalue weighted by molar-refractivity contribution is -0.0457. The molecule has 1 aromatic heterocycles. The Labute approximate surface area is 153 Å². The van der Waals surface area contributed by atoms with Gasteiger partial charge in [0.05, 0.1) is 25.1 Å². The van der Waals surface area contributed by atoms with Gasteiger partial charge in [0.1, 0.15) is 11.9 Å². The van der Waals surface area contributed by atoms with Crippen molar-refractivity contribution in [2.45, 2.75) is 29.4 Å². The van der Waals surface area contributed by atoms with Gasteiger partial charge in [-0.25, -0.2) is 4.79 Å². The molecule has 1 fully saturated rings. The summed E-state index contributed by atoms with van der Waals surface area (Å²) in [6, 6.07) is 8.74. The molecule has 0 unspecified atom stereocenters. The van der Waals surface area contributed by atoms with Crippen LogP contribution in [-0.4, -0.2) is 50.9 Å². The second kappa shape index (κ2) is 8.09. The number of hydrogen-bond donors (Lipinski definition) is 3. The molecule has 3 rings (SSSR count). The van der Waals surface area contributed by atoms with Crippen LogP contribution in [0.25, 0.3) is 0 Å². The van der Waals surface area contributed by atoms with Gasteiger partial charge in [-0.05, 0) is 17.7 Å². The summed E-state index contributed by atoms with van der Waals surface area (Å²) in [5.74, 6) is 1.32. The highest BCUT2D eigenvalue weighted by Crippen LogP contribution is 2.38. The first-order valence-corrected chi connectivity index (χ1v) is 9.08. The lowest BCUT2D eigenvalue weighted by Crippen LogP contribution is -2.36. The van der Waals surface area contributed by atoms with E-state index in [-0.39, 0.29) is 6.61 Å². The van der Waals surface area contributed by atoms with Crippen LogP contribution in [0.2, 0.25) is 0 Å². The quantitative estimate of drug-likeness (QED) is 0.651. The number of aromatic nitrogens is 2. The van der Waals surface area contributed by atoms with E-state index in [4.69, 9.17) is 9.47 Å². The van der Waals surface area contributed by atoms with Crippen molar-refractivity contribution in [1.82, 2.24) is 9.55 Å². The number of ether oxygens (including phenoxy) is 2. The largest absolute Gasteiger partial charge is 0.497 e. The molecule has 0 bridgehead atoms. The van der Waals surface area contributed by atoms with Crippen LogP contribution in [0.15, 0.2) is 46.1 Å². The van der Waals surface area contributed by atoms with Gasteiger partial charge >= 0.3 is 5.69 Å². The zero-order valence-corrected chi connectivity index (χ0v) is 14.9. The minimum absolute atomic E-state index is 0.366. The molecule has 2 heterocycles. The number of benzene rings is 1. The number of aliphatic hydroxyl groups excluding tert-OH is 2. The third kappa shape index (κ3) is 3.85. The SMILES string of the molecule is COc1ccc(CS[C@@H]2[C@H](O)[C@@H](CO)O[C@H]2n2ccc(=O)[nH]c2=O)cc1. The van der Waals surface area contributed by atoms with E-state index in [9.17, 15) is 19.8 Å². The Bertz CT molecular complexity index is 849. The topological polar surface area (TPSA) is 114 Å². The molecule has 9 heteroatoms. The molecule has 2 aromatic rings. The van der Waals surface area contributed by atoms with Crippen molar-refractivity contribution in [3.8, 4) is 5.75 Å². The first kappa shape index (κ1) is 18.7. The number of H-pyrrole nitrogens is 1. The van der Waals surface area contributed by atoms with Crippen molar-refractivity contribution in [3.05, 3.63) is 62.9 Å². The van der Waals surface area contributed by atoms with Gasteiger partial charge in [-0.2, -0.15) is 0 Å². The molecule has 0 radical (unpaired) electrons. The first-order valence-electron chi connectivity index (χ1n) is 8.04. The normalized spacial score (nSPS) is 25.3. The third-order valence-electron chi connectivity index (χ3n) is 4.22. The van der Waals surface area contributed by atoms with Crippen LogP contribution < -0.4 is 16.0 Å². The van der Waals surface area contributed by atoms with Crippen LogP contribution in [0.4, 0.5) is 0 Å². The molecule has 0 spiro atoms. The number of hydrogen-bond acceptors (Lipinski definition) is 7. The summed E-state index contributed by atoms with van der Waals surface area (Å²) in [5.41, 5.74) is -0.114. The fraction of sp³-hybridized carbons (Fsp3) is 0.412. The van der Waals surface area contributed by atoms with E-state index in [1.165, 1.54) is 28.6 Å². The summed E-state index contributed by atoms with van der Waals surface area (Å²) in [7, 11) is 1.59. The molecular formula is C17H20N2O6S. The average Bonchev–Trinajstić information content (AvgIpc) is 2.96. The number of nitrogens with zero attached hydrogens (tertiary/aromatic N) is 1. The summed E-state index contributed by atoms with van der Waals surface area (Å²) in [5, 5.41) is 19.4. The monoisotopic (exact) mass is 380 g/mol. The Morgan fingerprint density at radius 1 is 1.27 bits per heavy atom. The first-order chi connectivity index (χ1) is 12.5. The van der Waals surface area contributed by atoms with Crippen molar-refractivity contribution in [1.29, 1.82) is 0 Å². The fourth-order valence-corrected chi connectivity index (χ4v) is 4.12. The Balaban J connectivity index is 1.80. The number of nitrogens with one attached hydrogen (secondary N) is 1. The maximum Gasteiger partial charge on any atom is 0.330 e. The molecule has 1 saturated heterocycles. The number of rotatable bonds is 6. The van der Waals surface area contributed by atoms with Crippen molar-refractivity contribution in [2.24, 2.45) is 0 Å². The highest BCUT2D eigenvalue weighted by Gasteiger charge is 2.44. The molecule has 8 nitrogen and oxygen atoms in total. The maximum absolute atomic E-state index is 12.1. The Hall–Kier alpha value is -2.07. The van der Waals surface area contributed by atoms with E-state index in [1.54, 1.807) is 7.11 Å². The van der Waals surface area contributed by atoms with Gasteiger partial charge < -0.3 is 19.7 Å². The Morgan fingerprint density at radius 2 is 2.00 bits per heavy atom. The molecule has 0 amide bonds. The zero-order chi connectivity index (χ0) is 18.7. The Morgan fingerprint density at radius 3 is 2.62 bits per heavy atom. The second-order valence-corrected chi connectivity index (χ2v) is 7.05. The van der Waals surface area contributed by atoms with Crippen LogP contribution in [0.1, 0.15) is 11.8 Å². The molecule has 1 aliphatic heterocycles. The minimum Gasteiger partial charge on any atom is -0.497 e. The fourth-order valence-electron chi connectivity index (χ4n) is 2.81. The van der Waals surface area contributed by atoms with E-state index < -0.39 is 34.9 Å². The molecule has 26 heavy (non-hydrogen) atoms. The van der Waals surface area contributed by atoms with E-state index in [2.05, 4.69) is 4.98 Å². The summed E-state index contributed by atoms with van der Waals surface area (Å²) in [6.07, 6.45) is -1.21. The average molecular weight is 380 g/mol. The van der Waals surface area contributed by atoms with Crippen molar-refractivity contribution < 1.29 is 19.7 Å². The van der Waals surface area contributed by atoms with E-state index in [0.717, 1.165) is 11.3 Å². The maximum atomic E-state index is 12.1. The smallest absolute Gasteiger partial charge is 0.330 e. The van der Waals surface area contributed by atoms with Gasteiger partial charge in [-0.15, -0.1) is 11.8 Å². The molecule has 0 aliphatic carbocycles. The van der Waals surface area contributed by atoms with Crippen LogP contribution in [0, 0.1) is 0 Å². The molecular weight excluding hydrogens is 360 g/mol. The number of aromatic amines is 1. The molecule has 0 saturated carbocycles. The van der Waals surface area contributed by atoms with Crippen LogP contribution in [-0.2, 0) is 10.5 Å². The third-order valence-corrected chi connectivity index (χ3v) is 5.62. The molecule has 3 N–H and O–H groups in total. The standard InChI is InChI=1S/C17H20N2O6S/c1-24-11-4-2-10(3-5-11)9-26-15-14(22)12(8-20)25-16(15)19-7-6-13(21)18-17(19)23/h2-7,12,14-16,20,22H,8-9H2,1H3,(H,18,21,23)/t12-,14-,15-,16-/m1/s1. The van der Waals surface area contributed by atoms with Gasteiger partial charge in [-0.3, -0.25) is 14.3 Å². The second-order valence-electron chi connectivity index (χ2n) is 5.88. The lowest BCUT2D eigenvalue weighted by Gasteiger charge is -2.21. The lowest BCUT2D eigenvalue weighted by atomic mass is 10.2. The summed E-state index contributed by atoms with van der Waals surface area (Å²) >= 11 is 1.41. The van der Waals surface area contributed by atoms with Crippen molar-refractivity contribution in [3.63, 3.8) is 0 Å². The van der Waals surface area contributed by atoms with Crippen molar-refractivity contribution in [2.75, 3.05) is 13.7 Å². The van der Waals surface area contributed by atoms with Crippen molar-refractivity contribution >= 4 is 11.8 Å². The zero-order valence-electron chi connectivity index (χ0n) is 14.1. The Kier molecular flexibility index (Phi) is 5.82. The molecule has 140 valence electrons. The minimum atomic E-state index is -0.952. The van der Waals surface area contributed by atoms with Gasteiger partial charge in [0.15, 0.2) is 6.23 Å². The van der Waals surface area contributed by atoms with Gasteiger partial charge in [-0.1, -0.05) is 12.1 Å². The summed E-state index contributed by atoms with van der Waals surface area (Å²) < 4.78 is 12.0. The van der Waals surface area contributed by atoms with E-state index >= 15 is 0 Å². The highest BCUT2D eigenvalue weighted by molar-refractivity contribution is 7.99. The van der Waals surface area contributed by atoms with E-state index in [1.807, 2.05) is 24.3 Å². The number of aliphatic hydroxyl groups is 2. The predicted octanol–water partition coefficient (Wildman–Crippen LogP) is 0.0978. The summed E-state index contributed by atoms with van der Waals surface area (Å²) in [6.45, 7) is -0.366. The van der Waals surface area contributed by atoms with E-state index in [0.29, 0.717) is 5.75 Å².